The van der Waals surface area contributed by atoms with Gasteiger partial charge in [0.2, 0.25) is 0 Å². The monoisotopic (exact) mass is 465 g/mol. The number of hydrogen-bond donors (Lipinski definition) is 0. The van der Waals surface area contributed by atoms with Crippen molar-refractivity contribution in [3.05, 3.63) is 76.4 Å². The zero-order valence-electron chi connectivity index (χ0n) is 17.9. The number of furan rings is 1. The number of carbonyl (C=O) groups is 2. The normalized spacial score (nSPS) is 18.3. The van der Waals surface area contributed by atoms with E-state index in [0.717, 1.165) is 11.3 Å². The molecular weight excluding hydrogens is 442 g/mol. The molecule has 0 unspecified atom stereocenters. The molecule has 0 bridgehead atoms. The number of ether oxygens (including phenoxy) is 2. The fourth-order valence-electron chi connectivity index (χ4n) is 3.88. The van der Waals surface area contributed by atoms with Crippen LogP contribution in [0.2, 0.25) is 0 Å². The predicted octanol–water partition coefficient (Wildman–Crippen LogP) is 3.57. The Balaban J connectivity index is 1.28. The number of carbonyl (C=O) groups excluding carboxylic acids is 2. The zero-order chi connectivity index (χ0) is 22.6. The lowest BCUT2D eigenvalue weighted by Gasteiger charge is -2.26. The first-order valence-electron chi connectivity index (χ1n) is 10.8. The lowest BCUT2D eigenvalue weighted by Crippen LogP contribution is -2.42. The molecule has 4 heterocycles. The Hall–Kier alpha value is -3.43. The smallest absolute Gasteiger partial charge is 0.284 e. The molecule has 0 saturated carbocycles. The third-order valence-electron chi connectivity index (χ3n) is 5.64. The van der Waals surface area contributed by atoms with Crippen molar-refractivity contribution in [3.63, 3.8) is 0 Å². The van der Waals surface area contributed by atoms with Crippen LogP contribution in [-0.4, -0.2) is 60.3 Å². The summed E-state index contributed by atoms with van der Waals surface area (Å²) in [6.45, 7) is 2.31. The van der Waals surface area contributed by atoms with Gasteiger partial charge in [-0.3, -0.25) is 9.59 Å². The van der Waals surface area contributed by atoms with Crippen LogP contribution in [0.3, 0.4) is 0 Å². The van der Waals surface area contributed by atoms with Crippen molar-refractivity contribution in [1.82, 2.24) is 9.91 Å². The minimum absolute atomic E-state index is 0.00997. The molecular formula is C24H23N3O5S. The summed E-state index contributed by atoms with van der Waals surface area (Å²) < 4.78 is 16.5. The van der Waals surface area contributed by atoms with Crippen molar-refractivity contribution in [2.45, 2.75) is 12.5 Å². The first-order valence-corrected chi connectivity index (χ1v) is 11.6. The number of morpholine rings is 1. The van der Waals surface area contributed by atoms with Gasteiger partial charge in [-0.2, -0.15) is 5.10 Å². The number of nitrogens with zero attached hydrogens (tertiary/aromatic N) is 3. The third kappa shape index (κ3) is 4.69. The highest BCUT2D eigenvalue weighted by molar-refractivity contribution is 7.12. The maximum absolute atomic E-state index is 13.0. The van der Waals surface area contributed by atoms with Gasteiger partial charge >= 0.3 is 0 Å². The summed E-state index contributed by atoms with van der Waals surface area (Å²) in [5.41, 5.74) is 1.68. The first-order chi connectivity index (χ1) is 16.2. The van der Waals surface area contributed by atoms with Gasteiger partial charge in [-0.15, -0.1) is 11.3 Å². The molecule has 9 heteroatoms. The molecule has 2 aliphatic heterocycles. The van der Waals surface area contributed by atoms with E-state index >= 15 is 0 Å². The molecule has 0 spiro atoms. The van der Waals surface area contributed by atoms with Crippen molar-refractivity contribution in [1.29, 1.82) is 0 Å². The predicted molar refractivity (Wildman–Crippen MR) is 122 cm³/mol. The molecule has 0 radical (unpaired) electrons. The highest BCUT2D eigenvalue weighted by Crippen LogP contribution is 2.35. The second-order valence-electron chi connectivity index (χ2n) is 7.72. The van der Waals surface area contributed by atoms with Gasteiger partial charge in [-0.1, -0.05) is 6.07 Å². The Morgan fingerprint density at radius 1 is 1.09 bits per heavy atom. The Labute approximate surface area is 195 Å². The average Bonchev–Trinajstić information content (AvgIpc) is 3.64. The quantitative estimate of drug-likeness (QED) is 0.556. The van der Waals surface area contributed by atoms with Crippen LogP contribution in [0.1, 0.15) is 33.5 Å². The molecule has 170 valence electrons. The zero-order valence-corrected chi connectivity index (χ0v) is 18.7. The number of amides is 2. The van der Waals surface area contributed by atoms with E-state index in [4.69, 9.17) is 13.9 Å². The average molecular weight is 466 g/mol. The fraction of sp³-hybridized carbons (Fsp3) is 0.292. The standard InChI is InChI=1S/C24H23N3O5S/c28-23(26-9-12-30-13-10-26)16-32-18-7-5-17(6-8-18)19-15-20(21-3-1-11-31-21)27(25-19)24(29)22-4-2-14-33-22/h1-8,11,14,20H,9-10,12-13,15-16H2/t20-/m0/s1. The largest absolute Gasteiger partial charge is 0.484 e. The number of benzene rings is 1. The Kier molecular flexibility index (Phi) is 6.23. The highest BCUT2D eigenvalue weighted by Gasteiger charge is 2.35. The topological polar surface area (TPSA) is 84.6 Å². The number of rotatable bonds is 6. The third-order valence-corrected chi connectivity index (χ3v) is 6.49. The molecule has 1 fully saturated rings. The van der Waals surface area contributed by atoms with Crippen LogP contribution in [-0.2, 0) is 9.53 Å². The van der Waals surface area contributed by atoms with E-state index < -0.39 is 0 Å². The van der Waals surface area contributed by atoms with Crippen LogP contribution < -0.4 is 4.74 Å². The Morgan fingerprint density at radius 2 is 1.91 bits per heavy atom. The summed E-state index contributed by atoms with van der Waals surface area (Å²) in [6, 6.07) is 14.4. The molecule has 5 rings (SSSR count). The molecule has 0 aliphatic carbocycles. The lowest BCUT2D eigenvalue weighted by atomic mass is 10.0. The molecule has 33 heavy (non-hydrogen) atoms. The summed E-state index contributed by atoms with van der Waals surface area (Å²) in [4.78, 5) is 27.7. The maximum Gasteiger partial charge on any atom is 0.284 e. The summed E-state index contributed by atoms with van der Waals surface area (Å²) in [7, 11) is 0. The molecule has 0 N–H and O–H groups in total. The van der Waals surface area contributed by atoms with Crippen molar-refractivity contribution in [2.24, 2.45) is 5.10 Å². The van der Waals surface area contributed by atoms with Crippen molar-refractivity contribution in [2.75, 3.05) is 32.9 Å². The van der Waals surface area contributed by atoms with Crippen LogP contribution in [0.15, 0.2) is 69.7 Å². The van der Waals surface area contributed by atoms with Gasteiger partial charge in [0.1, 0.15) is 17.6 Å². The summed E-state index contributed by atoms with van der Waals surface area (Å²) in [5, 5.41) is 8.03. The van der Waals surface area contributed by atoms with E-state index in [9.17, 15) is 9.59 Å². The van der Waals surface area contributed by atoms with Crippen molar-refractivity contribution < 1.29 is 23.5 Å². The fourth-order valence-corrected chi connectivity index (χ4v) is 4.54. The summed E-state index contributed by atoms with van der Waals surface area (Å²) in [5.74, 6) is 1.10. The molecule has 2 amide bonds. The van der Waals surface area contributed by atoms with Gasteiger partial charge in [0.25, 0.3) is 11.8 Å². The summed E-state index contributed by atoms with van der Waals surface area (Å²) in [6.07, 6.45) is 2.14. The number of hydrazone groups is 1. The first kappa shape index (κ1) is 21.4. The number of thiophene rings is 1. The summed E-state index contributed by atoms with van der Waals surface area (Å²) >= 11 is 1.39. The molecule has 2 aliphatic rings. The van der Waals surface area contributed by atoms with Crippen LogP contribution in [0.4, 0.5) is 0 Å². The molecule has 2 aromatic heterocycles. The van der Waals surface area contributed by atoms with E-state index in [0.29, 0.717) is 49.1 Å². The highest BCUT2D eigenvalue weighted by atomic mass is 32.1. The van der Waals surface area contributed by atoms with Gasteiger partial charge in [0.15, 0.2) is 6.61 Å². The number of hydrogen-bond acceptors (Lipinski definition) is 7. The minimum Gasteiger partial charge on any atom is -0.484 e. The van der Waals surface area contributed by atoms with E-state index in [2.05, 4.69) is 5.10 Å². The van der Waals surface area contributed by atoms with E-state index in [1.54, 1.807) is 17.2 Å². The van der Waals surface area contributed by atoms with E-state index in [-0.39, 0.29) is 24.5 Å². The molecule has 3 aromatic rings. The van der Waals surface area contributed by atoms with Crippen LogP contribution in [0.5, 0.6) is 5.75 Å². The van der Waals surface area contributed by atoms with Crippen LogP contribution >= 0.6 is 11.3 Å². The van der Waals surface area contributed by atoms with Crippen molar-refractivity contribution in [3.8, 4) is 5.75 Å². The van der Waals surface area contributed by atoms with Gasteiger partial charge in [0, 0.05) is 19.5 Å². The van der Waals surface area contributed by atoms with Crippen LogP contribution in [0, 0.1) is 0 Å². The van der Waals surface area contributed by atoms with E-state index in [1.807, 2.05) is 47.8 Å². The van der Waals surface area contributed by atoms with Gasteiger partial charge < -0.3 is 18.8 Å². The Morgan fingerprint density at radius 3 is 2.61 bits per heavy atom. The SMILES string of the molecule is O=C(COc1ccc(C2=NN(C(=O)c3cccs3)[C@H](c3ccco3)C2)cc1)N1CCOCC1. The maximum atomic E-state index is 13.0. The molecule has 1 saturated heterocycles. The minimum atomic E-state index is -0.299. The molecule has 1 aromatic carbocycles. The van der Waals surface area contributed by atoms with E-state index in [1.165, 1.54) is 16.3 Å². The molecule has 1 atom stereocenters. The van der Waals surface area contributed by atoms with Crippen LogP contribution in [0.25, 0.3) is 0 Å². The second kappa shape index (κ2) is 9.60. The van der Waals surface area contributed by atoms with Gasteiger partial charge in [0.05, 0.1) is 30.1 Å². The van der Waals surface area contributed by atoms with Gasteiger partial charge in [-0.05, 0) is 53.4 Å². The lowest BCUT2D eigenvalue weighted by molar-refractivity contribution is -0.137. The molecule has 8 nitrogen and oxygen atoms in total. The second-order valence-corrected chi connectivity index (χ2v) is 8.66. The Bertz CT molecular complexity index is 1120. The van der Waals surface area contributed by atoms with Crippen molar-refractivity contribution >= 4 is 28.9 Å². The van der Waals surface area contributed by atoms with Gasteiger partial charge in [-0.25, -0.2) is 5.01 Å².